The number of benzene rings is 1. The maximum atomic E-state index is 9.47. The fourth-order valence-corrected chi connectivity index (χ4v) is 1.50. The summed E-state index contributed by atoms with van der Waals surface area (Å²) in [6, 6.07) is 2.52. The van der Waals surface area contributed by atoms with Gasteiger partial charge in [0.25, 0.3) is 0 Å². The van der Waals surface area contributed by atoms with Gasteiger partial charge in [-0.15, -0.1) is 0 Å². The van der Waals surface area contributed by atoms with Crippen LogP contribution < -0.4 is 4.74 Å². The Morgan fingerprint density at radius 1 is 1.27 bits per heavy atom. The minimum atomic E-state index is -0.513. The summed E-state index contributed by atoms with van der Waals surface area (Å²) >= 11 is 5.81. The molecule has 2 aromatic rings. The molecule has 0 radical (unpaired) electrons. The Bertz CT molecular complexity index is 530. The van der Waals surface area contributed by atoms with Gasteiger partial charge in [0.15, 0.2) is 0 Å². The lowest BCUT2D eigenvalue weighted by atomic mass is 10.2. The van der Waals surface area contributed by atoms with Crippen LogP contribution >= 0.6 is 11.6 Å². The monoisotopic (exact) mass is 226 g/mol. The van der Waals surface area contributed by atoms with Gasteiger partial charge in [0.2, 0.25) is 5.88 Å². The van der Waals surface area contributed by atoms with Crippen LogP contribution in [0.1, 0.15) is 0 Å². The maximum Gasteiger partial charge on any atom is 0.317 e. The minimum Gasteiger partial charge on any atom is -0.494 e. The van der Waals surface area contributed by atoms with Gasteiger partial charge < -0.3 is 14.9 Å². The van der Waals surface area contributed by atoms with Crippen LogP contribution in [0.4, 0.5) is 0 Å². The van der Waals surface area contributed by atoms with Gasteiger partial charge in [0, 0.05) is 11.1 Å². The van der Waals surface area contributed by atoms with E-state index in [2.05, 4.69) is 9.97 Å². The second-order valence-corrected chi connectivity index (χ2v) is 3.29. The van der Waals surface area contributed by atoms with Gasteiger partial charge in [-0.25, -0.2) is 0 Å². The first kappa shape index (κ1) is 9.79. The van der Waals surface area contributed by atoms with Crippen molar-refractivity contribution in [2.45, 2.75) is 0 Å². The molecule has 0 aliphatic rings. The van der Waals surface area contributed by atoms with Gasteiger partial charge in [-0.1, -0.05) is 11.6 Å². The number of hydrogen-bond donors (Lipinski definition) is 2. The zero-order valence-corrected chi connectivity index (χ0v) is 8.49. The highest BCUT2D eigenvalue weighted by molar-refractivity contribution is 6.31. The highest BCUT2D eigenvalue weighted by atomic mass is 35.5. The van der Waals surface area contributed by atoms with E-state index in [4.69, 9.17) is 21.4 Å². The fourth-order valence-electron chi connectivity index (χ4n) is 1.30. The highest BCUT2D eigenvalue weighted by Gasteiger charge is 2.11. The summed E-state index contributed by atoms with van der Waals surface area (Å²) in [4.78, 5) is 7.15. The number of ether oxygens (including phenoxy) is 1. The predicted molar refractivity (Wildman–Crippen MR) is 54.4 cm³/mol. The van der Waals surface area contributed by atoms with E-state index in [0.717, 1.165) is 0 Å². The molecule has 0 fully saturated rings. The third-order valence-electron chi connectivity index (χ3n) is 1.92. The summed E-state index contributed by atoms with van der Waals surface area (Å²) in [6.45, 7) is 0. The van der Waals surface area contributed by atoms with E-state index in [0.29, 0.717) is 21.7 Å². The maximum absolute atomic E-state index is 9.47. The van der Waals surface area contributed by atoms with Crippen molar-refractivity contribution in [3.8, 4) is 17.6 Å². The molecule has 6 heteroatoms. The first-order valence-electron chi connectivity index (χ1n) is 4.05. The van der Waals surface area contributed by atoms with Crippen LogP contribution in [0.3, 0.4) is 0 Å². The molecule has 0 aliphatic heterocycles. The second-order valence-electron chi connectivity index (χ2n) is 2.85. The SMILES string of the molecule is COc1cc(Cl)cc2c(O)nc(O)nc12. The van der Waals surface area contributed by atoms with Crippen LogP contribution in [0.15, 0.2) is 12.1 Å². The van der Waals surface area contributed by atoms with E-state index in [-0.39, 0.29) is 5.88 Å². The number of halogens is 1. The molecule has 78 valence electrons. The fraction of sp³-hybridized carbons (Fsp3) is 0.111. The number of methoxy groups -OCH3 is 1. The van der Waals surface area contributed by atoms with Crippen LogP contribution in [0.2, 0.25) is 5.02 Å². The number of rotatable bonds is 1. The third kappa shape index (κ3) is 1.61. The largest absolute Gasteiger partial charge is 0.494 e. The molecule has 15 heavy (non-hydrogen) atoms. The van der Waals surface area contributed by atoms with Crippen molar-refractivity contribution in [1.82, 2.24) is 9.97 Å². The Labute approximate surface area is 89.9 Å². The summed E-state index contributed by atoms with van der Waals surface area (Å²) in [6.07, 6.45) is 0. The lowest BCUT2D eigenvalue weighted by molar-refractivity contribution is 0.398. The number of aromatic nitrogens is 2. The normalized spacial score (nSPS) is 10.5. The van der Waals surface area contributed by atoms with Crippen molar-refractivity contribution in [3.63, 3.8) is 0 Å². The van der Waals surface area contributed by atoms with E-state index >= 15 is 0 Å². The Morgan fingerprint density at radius 2 is 2.00 bits per heavy atom. The van der Waals surface area contributed by atoms with Crippen molar-refractivity contribution < 1.29 is 14.9 Å². The van der Waals surface area contributed by atoms with Crippen molar-refractivity contribution >= 4 is 22.5 Å². The molecule has 0 amide bonds. The van der Waals surface area contributed by atoms with Crippen molar-refractivity contribution in [1.29, 1.82) is 0 Å². The predicted octanol–water partition coefficient (Wildman–Crippen LogP) is 1.70. The summed E-state index contributed by atoms with van der Waals surface area (Å²) in [7, 11) is 1.45. The Hall–Kier alpha value is -1.75. The lowest BCUT2D eigenvalue weighted by Gasteiger charge is -2.06. The van der Waals surface area contributed by atoms with Crippen molar-refractivity contribution in [3.05, 3.63) is 17.2 Å². The van der Waals surface area contributed by atoms with E-state index < -0.39 is 6.01 Å². The molecule has 2 rings (SSSR count). The molecule has 0 saturated heterocycles. The van der Waals surface area contributed by atoms with E-state index in [1.54, 1.807) is 0 Å². The van der Waals surface area contributed by atoms with Gasteiger partial charge in [-0.05, 0) is 6.07 Å². The molecular formula is C9H7ClN2O3. The molecule has 2 N–H and O–H groups in total. The van der Waals surface area contributed by atoms with Crippen LogP contribution in [-0.2, 0) is 0 Å². The lowest BCUT2D eigenvalue weighted by Crippen LogP contribution is -1.90. The molecule has 0 saturated carbocycles. The Balaban J connectivity index is 2.89. The summed E-state index contributed by atoms with van der Waals surface area (Å²) in [5, 5.41) is 19.3. The molecule has 1 aromatic carbocycles. The molecule has 0 atom stereocenters. The smallest absolute Gasteiger partial charge is 0.317 e. The highest BCUT2D eigenvalue weighted by Crippen LogP contribution is 2.33. The topological polar surface area (TPSA) is 75.5 Å². The Kier molecular flexibility index (Phi) is 2.24. The molecular weight excluding hydrogens is 220 g/mol. The quantitative estimate of drug-likeness (QED) is 0.774. The van der Waals surface area contributed by atoms with Crippen LogP contribution in [0, 0.1) is 0 Å². The standard InChI is InChI=1S/C9H7ClN2O3/c1-15-6-3-4(10)2-5-7(6)11-9(14)12-8(5)13/h2-3H,1H3,(H2,11,12,13,14). The first-order chi connectivity index (χ1) is 7.11. The van der Waals surface area contributed by atoms with Crippen LogP contribution in [0.25, 0.3) is 10.9 Å². The number of aromatic hydroxyl groups is 2. The van der Waals surface area contributed by atoms with Gasteiger partial charge in [0.05, 0.1) is 12.5 Å². The summed E-state index contributed by atoms with van der Waals surface area (Å²) < 4.78 is 5.02. The molecule has 1 aromatic heterocycles. The van der Waals surface area contributed by atoms with Gasteiger partial charge in [0.1, 0.15) is 11.3 Å². The zero-order chi connectivity index (χ0) is 11.0. The molecule has 5 nitrogen and oxygen atoms in total. The minimum absolute atomic E-state index is 0.312. The van der Waals surface area contributed by atoms with E-state index in [1.807, 2.05) is 0 Å². The number of nitrogens with zero attached hydrogens (tertiary/aromatic N) is 2. The number of hydrogen-bond acceptors (Lipinski definition) is 5. The molecule has 0 bridgehead atoms. The van der Waals surface area contributed by atoms with Crippen molar-refractivity contribution in [2.75, 3.05) is 7.11 Å². The average Bonchev–Trinajstić information content (AvgIpc) is 2.18. The van der Waals surface area contributed by atoms with E-state index in [9.17, 15) is 5.11 Å². The molecule has 0 unspecified atom stereocenters. The van der Waals surface area contributed by atoms with Gasteiger partial charge in [-0.3, -0.25) is 0 Å². The average molecular weight is 227 g/mol. The third-order valence-corrected chi connectivity index (χ3v) is 2.14. The molecule has 1 heterocycles. The van der Waals surface area contributed by atoms with Gasteiger partial charge >= 0.3 is 6.01 Å². The molecule has 0 spiro atoms. The summed E-state index contributed by atoms with van der Waals surface area (Å²) in [5.74, 6) is 0.0313. The van der Waals surface area contributed by atoms with Gasteiger partial charge in [-0.2, -0.15) is 9.97 Å². The second kappa shape index (κ2) is 3.43. The first-order valence-corrected chi connectivity index (χ1v) is 4.43. The van der Waals surface area contributed by atoms with Crippen molar-refractivity contribution in [2.24, 2.45) is 0 Å². The van der Waals surface area contributed by atoms with E-state index in [1.165, 1.54) is 19.2 Å². The Morgan fingerprint density at radius 3 is 2.67 bits per heavy atom. The zero-order valence-electron chi connectivity index (χ0n) is 7.73. The number of fused-ring (bicyclic) bond motifs is 1. The van der Waals surface area contributed by atoms with Crippen LogP contribution in [0.5, 0.6) is 17.6 Å². The summed E-state index contributed by atoms with van der Waals surface area (Å²) in [5.41, 5.74) is 0.312. The molecule has 0 aliphatic carbocycles. The van der Waals surface area contributed by atoms with Crippen LogP contribution in [-0.4, -0.2) is 27.3 Å².